The molecule has 0 saturated carbocycles. The van der Waals surface area contributed by atoms with Gasteiger partial charge in [-0.2, -0.15) is 0 Å². The molecule has 114 valence electrons. The molecule has 0 aromatic heterocycles. The van der Waals surface area contributed by atoms with Crippen molar-refractivity contribution in [1.82, 2.24) is 4.90 Å². The summed E-state index contributed by atoms with van der Waals surface area (Å²) in [5.41, 5.74) is 4.49. The third kappa shape index (κ3) is 4.42. The monoisotopic (exact) mass is 313 g/mol. The van der Waals surface area contributed by atoms with Crippen LogP contribution in [0.5, 0.6) is 0 Å². The van der Waals surface area contributed by atoms with Crippen LogP contribution in [0.4, 0.5) is 5.69 Å². The fourth-order valence-corrected chi connectivity index (χ4v) is 2.14. The minimum atomic E-state index is -0.715. The van der Waals surface area contributed by atoms with Crippen molar-refractivity contribution in [1.29, 1.82) is 0 Å². The second-order valence-electron chi connectivity index (χ2n) is 4.94. The summed E-state index contributed by atoms with van der Waals surface area (Å²) in [5.74, 6) is -1.25. The van der Waals surface area contributed by atoms with Crippen molar-refractivity contribution in [3.8, 4) is 0 Å². The highest BCUT2D eigenvalue weighted by Gasteiger charge is 2.28. The lowest BCUT2D eigenvalue weighted by atomic mass is 10.1. The molecular formula is C13H16ClN3O4. The Morgan fingerprint density at radius 2 is 2.05 bits per heavy atom. The Bertz CT molecular complexity index is 575. The Kier molecular flexibility index (Phi) is 5.66. The molecule has 1 aromatic carbocycles. The number of hydrogen-bond donors (Lipinski definition) is 1. The van der Waals surface area contributed by atoms with Crippen LogP contribution in [0.2, 0.25) is 5.02 Å². The van der Waals surface area contributed by atoms with Crippen LogP contribution in [0.1, 0.15) is 24.2 Å². The molecular weight excluding hydrogens is 298 g/mol. The number of nitro benzene ring substituents is 1. The molecule has 1 aromatic rings. The molecule has 2 amide bonds. The number of nitrogens with zero attached hydrogens (tertiary/aromatic N) is 2. The average Bonchev–Trinajstić information content (AvgIpc) is 2.35. The second-order valence-corrected chi connectivity index (χ2v) is 5.35. The number of halogens is 1. The van der Waals surface area contributed by atoms with Crippen LogP contribution < -0.4 is 5.73 Å². The first kappa shape index (κ1) is 16.9. The summed E-state index contributed by atoms with van der Waals surface area (Å²) in [6.45, 7) is 3.66. The van der Waals surface area contributed by atoms with Gasteiger partial charge < -0.3 is 10.6 Å². The van der Waals surface area contributed by atoms with Crippen molar-refractivity contribution in [3.63, 3.8) is 0 Å². The van der Waals surface area contributed by atoms with Gasteiger partial charge in [0, 0.05) is 6.54 Å². The predicted octanol–water partition coefficient (Wildman–Crippen LogP) is 1.83. The highest BCUT2D eigenvalue weighted by Crippen LogP contribution is 2.29. The number of hydrogen-bond acceptors (Lipinski definition) is 4. The SMILES string of the molecule is CC(C)CN(CC(N)=O)C(=O)c1cccc(Cl)c1[N+](=O)[O-]. The lowest BCUT2D eigenvalue weighted by Gasteiger charge is -2.23. The molecule has 0 heterocycles. The van der Waals surface area contributed by atoms with E-state index in [0.717, 1.165) is 0 Å². The summed E-state index contributed by atoms with van der Waals surface area (Å²) in [7, 11) is 0. The molecule has 0 spiro atoms. The molecule has 0 aliphatic rings. The molecule has 0 fully saturated rings. The van der Waals surface area contributed by atoms with E-state index in [1.807, 2.05) is 13.8 Å². The molecule has 2 N–H and O–H groups in total. The Hall–Kier alpha value is -2.15. The van der Waals surface area contributed by atoms with Gasteiger partial charge in [-0.25, -0.2) is 0 Å². The van der Waals surface area contributed by atoms with Crippen LogP contribution in [0.3, 0.4) is 0 Å². The van der Waals surface area contributed by atoms with Crippen LogP contribution in [0.15, 0.2) is 18.2 Å². The van der Waals surface area contributed by atoms with Gasteiger partial charge in [0.1, 0.15) is 10.6 Å². The topological polar surface area (TPSA) is 107 Å². The van der Waals surface area contributed by atoms with Crippen molar-refractivity contribution >= 4 is 29.1 Å². The zero-order chi connectivity index (χ0) is 16.2. The van der Waals surface area contributed by atoms with Gasteiger partial charge in [-0.05, 0) is 18.1 Å². The average molecular weight is 314 g/mol. The Labute approximate surface area is 126 Å². The Balaban J connectivity index is 3.23. The minimum absolute atomic E-state index is 0.0755. The third-order valence-electron chi connectivity index (χ3n) is 2.62. The van der Waals surface area contributed by atoms with Gasteiger partial charge in [-0.3, -0.25) is 19.7 Å². The molecule has 1 rings (SSSR count). The smallest absolute Gasteiger partial charge is 0.300 e. The third-order valence-corrected chi connectivity index (χ3v) is 2.92. The van der Waals surface area contributed by atoms with Crippen molar-refractivity contribution in [3.05, 3.63) is 38.9 Å². The van der Waals surface area contributed by atoms with Crippen LogP contribution in [0, 0.1) is 16.0 Å². The lowest BCUT2D eigenvalue weighted by molar-refractivity contribution is -0.385. The number of primary amides is 1. The van der Waals surface area contributed by atoms with E-state index in [0.29, 0.717) is 0 Å². The number of rotatable bonds is 6. The lowest BCUT2D eigenvalue weighted by Crippen LogP contribution is -2.40. The highest BCUT2D eigenvalue weighted by atomic mass is 35.5. The number of carbonyl (C=O) groups is 2. The summed E-state index contributed by atoms with van der Waals surface area (Å²) in [6, 6.07) is 4.08. The number of para-hydroxylation sites is 1. The molecule has 0 aliphatic heterocycles. The van der Waals surface area contributed by atoms with E-state index in [2.05, 4.69) is 0 Å². The molecule has 0 saturated heterocycles. The minimum Gasteiger partial charge on any atom is -0.368 e. The highest BCUT2D eigenvalue weighted by molar-refractivity contribution is 6.33. The predicted molar refractivity (Wildman–Crippen MR) is 78.0 cm³/mol. The fraction of sp³-hybridized carbons (Fsp3) is 0.385. The summed E-state index contributed by atoms with van der Waals surface area (Å²) in [5, 5.41) is 10.9. The normalized spacial score (nSPS) is 10.5. The van der Waals surface area contributed by atoms with Crippen molar-refractivity contribution in [2.45, 2.75) is 13.8 Å². The Morgan fingerprint density at radius 1 is 1.43 bits per heavy atom. The van der Waals surface area contributed by atoms with Gasteiger partial charge >= 0.3 is 5.69 Å². The maximum atomic E-state index is 12.4. The van der Waals surface area contributed by atoms with Crippen molar-refractivity contribution in [2.24, 2.45) is 11.7 Å². The summed E-state index contributed by atoms with van der Waals surface area (Å²) < 4.78 is 0. The molecule has 0 bridgehead atoms. The fourth-order valence-electron chi connectivity index (χ4n) is 1.89. The van der Waals surface area contributed by atoms with Crippen LogP contribution in [0.25, 0.3) is 0 Å². The zero-order valence-electron chi connectivity index (χ0n) is 11.7. The molecule has 7 nitrogen and oxygen atoms in total. The van der Waals surface area contributed by atoms with E-state index in [4.69, 9.17) is 17.3 Å². The first-order valence-corrected chi connectivity index (χ1v) is 6.62. The van der Waals surface area contributed by atoms with Gasteiger partial charge in [0.15, 0.2) is 0 Å². The van der Waals surface area contributed by atoms with Crippen molar-refractivity contribution in [2.75, 3.05) is 13.1 Å². The molecule has 0 aliphatic carbocycles. The van der Waals surface area contributed by atoms with E-state index >= 15 is 0 Å². The van der Waals surface area contributed by atoms with E-state index in [9.17, 15) is 19.7 Å². The second kappa shape index (κ2) is 7.03. The van der Waals surface area contributed by atoms with Gasteiger partial charge in [0.25, 0.3) is 5.91 Å². The molecule has 0 atom stereocenters. The number of amides is 2. The zero-order valence-corrected chi connectivity index (χ0v) is 12.5. The van der Waals surface area contributed by atoms with E-state index in [-0.39, 0.29) is 29.6 Å². The summed E-state index contributed by atoms with van der Waals surface area (Å²) >= 11 is 5.78. The van der Waals surface area contributed by atoms with Crippen LogP contribution >= 0.6 is 11.6 Å². The first-order valence-electron chi connectivity index (χ1n) is 6.24. The van der Waals surface area contributed by atoms with Gasteiger partial charge in [-0.1, -0.05) is 31.5 Å². The molecule has 21 heavy (non-hydrogen) atoms. The van der Waals surface area contributed by atoms with Crippen LogP contribution in [-0.2, 0) is 4.79 Å². The summed E-state index contributed by atoms with van der Waals surface area (Å²) in [4.78, 5) is 35.1. The van der Waals surface area contributed by atoms with Gasteiger partial charge in [-0.15, -0.1) is 0 Å². The quantitative estimate of drug-likeness (QED) is 0.638. The standard InChI is InChI=1S/C13H16ClN3O4/c1-8(2)6-16(7-11(15)18)13(19)9-4-3-5-10(14)12(9)17(20)21/h3-5,8H,6-7H2,1-2H3,(H2,15,18). The van der Waals surface area contributed by atoms with E-state index in [1.54, 1.807) is 0 Å². The summed E-state index contributed by atoms with van der Waals surface area (Å²) in [6.07, 6.45) is 0. The number of benzene rings is 1. The largest absolute Gasteiger partial charge is 0.368 e. The van der Waals surface area contributed by atoms with Crippen molar-refractivity contribution < 1.29 is 14.5 Å². The van der Waals surface area contributed by atoms with Gasteiger partial charge in [0.2, 0.25) is 5.91 Å². The molecule has 0 unspecified atom stereocenters. The van der Waals surface area contributed by atoms with E-state index < -0.39 is 22.4 Å². The molecule has 8 heteroatoms. The number of nitro groups is 1. The first-order chi connectivity index (χ1) is 9.73. The number of carbonyl (C=O) groups excluding carboxylic acids is 2. The maximum absolute atomic E-state index is 12.4. The maximum Gasteiger partial charge on any atom is 0.300 e. The van der Waals surface area contributed by atoms with Crippen LogP contribution in [-0.4, -0.2) is 34.7 Å². The molecule has 0 radical (unpaired) electrons. The number of nitrogens with two attached hydrogens (primary N) is 1. The Morgan fingerprint density at radius 3 is 2.52 bits per heavy atom. The van der Waals surface area contributed by atoms with Gasteiger partial charge in [0.05, 0.1) is 11.5 Å². The van der Waals surface area contributed by atoms with E-state index in [1.165, 1.54) is 23.1 Å².